The maximum absolute atomic E-state index is 11.8. The Morgan fingerprint density at radius 3 is 2.48 bits per heavy atom. The summed E-state index contributed by atoms with van der Waals surface area (Å²) in [6.07, 6.45) is 4.32. The van der Waals surface area contributed by atoms with Gasteiger partial charge in [-0.05, 0) is 37.1 Å². The number of hydrogen-bond donors (Lipinski definition) is 2. The number of carboxylic acid groups (broad SMARTS) is 1. The first-order valence-corrected chi connectivity index (χ1v) is 8.89. The van der Waals surface area contributed by atoms with Crippen LogP contribution in [0, 0.1) is 0 Å². The second-order valence-electron chi connectivity index (χ2n) is 6.81. The Labute approximate surface area is 155 Å². The van der Waals surface area contributed by atoms with Gasteiger partial charge in [0.15, 0.2) is 11.6 Å². The minimum absolute atomic E-state index is 0.0147. The lowest BCUT2D eigenvalue weighted by atomic mass is 10.1. The fourth-order valence-corrected chi connectivity index (χ4v) is 3.61. The van der Waals surface area contributed by atoms with E-state index in [1.807, 2.05) is 0 Å². The van der Waals surface area contributed by atoms with Crippen LogP contribution >= 0.6 is 0 Å². The molecule has 4 rings (SSSR count). The highest BCUT2D eigenvalue weighted by atomic mass is 16.4. The van der Waals surface area contributed by atoms with Gasteiger partial charge < -0.3 is 5.11 Å². The molecule has 3 amide bonds. The van der Waals surface area contributed by atoms with Crippen LogP contribution in [0.3, 0.4) is 0 Å². The molecule has 1 saturated carbocycles. The number of carbonyl (C=O) groups is 3. The molecular weight excluding hydrogens is 350 g/mol. The first-order chi connectivity index (χ1) is 13.0. The van der Waals surface area contributed by atoms with Crippen molar-refractivity contribution in [1.82, 2.24) is 20.1 Å². The number of imide groups is 1. The molecular formula is C18H19N5O4. The number of nitrogens with zero attached hydrogens (tertiary/aromatic N) is 4. The van der Waals surface area contributed by atoms with Crippen LogP contribution < -0.4 is 10.2 Å². The maximum atomic E-state index is 11.8. The smallest absolute Gasteiger partial charge is 0.329 e. The third-order valence-corrected chi connectivity index (χ3v) is 4.92. The van der Waals surface area contributed by atoms with Crippen molar-refractivity contribution in [1.29, 1.82) is 0 Å². The number of amides is 3. The van der Waals surface area contributed by atoms with Crippen LogP contribution in [0.4, 0.5) is 10.5 Å². The van der Waals surface area contributed by atoms with Crippen LogP contribution in [0.2, 0.25) is 0 Å². The molecule has 1 aromatic heterocycles. The fourth-order valence-electron chi connectivity index (χ4n) is 3.61. The summed E-state index contributed by atoms with van der Waals surface area (Å²) >= 11 is 0. The van der Waals surface area contributed by atoms with Crippen molar-refractivity contribution in [2.45, 2.75) is 38.1 Å². The Morgan fingerprint density at radius 2 is 1.89 bits per heavy atom. The SMILES string of the molecule is O=C(O)Cn1nc(C2CCCC2)nc1-c1ccc(N2CC(=O)NC2=O)cc1. The van der Waals surface area contributed by atoms with Gasteiger partial charge in [0, 0.05) is 17.2 Å². The number of nitrogens with one attached hydrogen (secondary N) is 1. The van der Waals surface area contributed by atoms with Crippen LogP contribution in [0.25, 0.3) is 11.4 Å². The molecule has 2 heterocycles. The number of rotatable bonds is 5. The molecule has 0 radical (unpaired) electrons. The summed E-state index contributed by atoms with van der Waals surface area (Å²) < 4.78 is 1.41. The minimum Gasteiger partial charge on any atom is -0.480 e. The Hall–Kier alpha value is -3.23. The Kier molecular flexibility index (Phi) is 4.35. The van der Waals surface area contributed by atoms with Crippen molar-refractivity contribution in [3.8, 4) is 11.4 Å². The molecule has 2 N–H and O–H groups in total. The van der Waals surface area contributed by atoms with Gasteiger partial charge in [0.25, 0.3) is 0 Å². The van der Waals surface area contributed by atoms with E-state index in [0.717, 1.165) is 25.7 Å². The molecule has 0 atom stereocenters. The molecule has 2 aliphatic rings. The van der Waals surface area contributed by atoms with Crippen molar-refractivity contribution in [3.05, 3.63) is 30.1 Å². The summed E-state index contributed by atoms with van der Waals surface area (Å²) in [6.45, 7) is -0.279. The quantitative estimate of drug-likeness (QED) is 0.775. The van der Waals surface area contributed by atoms with E-state index in [2.05, 4.69) is 15.4 Å². The summed E-state index contributed by atoms with van der Waals surface area (Å²) in [7, 11) is 0. The van der Waals surface area contributed by atoms with Gasteiger partial charge >= 0.3 is 12.0 Å². The summed E-state index contributed by atoms with van der Waals surface area (Å²) in [4.78, 5) is 40.3. The number of aliphatic carboxylic acids is 1. The Bertz CT molecular complexity index is 899. The number of carbonyl (C=O) groups excluding carboxylic acids is 2. The van der Waals surface area contributed by atoms with Gasteiger partial charge in [0.1, 0.15) is 13.1 Å². The van der Waals surface area contributed by atoms with E-state index in [4.69, 9.17) is 0 Å². The third-order valence-electron chi connectivity index (χ3n) is 4.92. The molecule has 2 aromatic rings. The normalized spacial score (nSPS) is 17.6. The highest BCUT2D eigenvalue weighted by molar-refractivity contribution is 6.12. The van der Waals surface area contributed by atoms with E-state index >= 15 is 0 Å². The lowest BCUT2D eigenvalue weighted by Crippen LogP contribution is -2.27. The van der Waals surface area contributed by atoms with E-state index < -0.39 is 12.0 Å². The molecule has 2 fully saturated rings. The minimum atomic E-state index is -0.983. The molecule has 9 nitrogen and oxygen atoms in total. The van der Waals surface area contributed by atoms with Crippen LogP contribution in [0.15, 0.2) is 24.3 Å². The lowest BCUT2D eigenvalue weighted by Gasteiger charge is -2.13. The van der Waals surface area contributed by atoms with Crippen molar-refractivity contribution in [2.24, 2.45) is 0 Å². The van der Waals surface area contributed by atoms with Crippen LogP contribution in [-0.2, 0) is 16.1 Å². The molecule has 9 heteroatoms. The van der Waals surface area contributed by atoms with Crippen molar-refractivity contribution in [2.75, 3.05) is 11.4 Å². The van der Waals surface area contributed by atoms with Crippen molar-refractivity contribution in [3.63, 3.8) is 0 Å². The van der Waals surface area contributed by atoms with E-state index in [9.17, 15) is 19.5 Å². The standard InChI is InChI=1S/C18H19N5O4/c24-14-9-22(18(27)19-14)13-7-5-12(6-8-13)17-20-16(11-3-1-2-4-11)21-23(17)10-15(25)26/h5-8,11H,1-4,9-10H2,(H,25,26)(H,19,24,27). The Balaban J connectivity index is 1.64. The average Bonchev–Trinajstić information content (AvgIpc) is 3.35. The van der Waals surface area contributed by atoms with Crippen LogP contribution in [0.1, 0.15) is 37.4 Å². The number of anilines is 1. The summed E-state index contributed by atoms with van der Waals surface area (Å²) in [5, 5.41) is 15.9. The van der Waals surface area contributed by atoms with E-state index in [1.165, 1.54) is 9.58 Å². The first kappa shape index (κ1) is 17.2. The zero-order valence-corrected chi connectivity index (χ0v) is 14.6. The average molecular weight is 369 g/mol. The van der Waals surface area contributed by atoms with Gasteiger partial charge in [-0.15, -0.1) is 0 Å². The monoisotopic (exact) mass is 369 g/mol. The molecule has 1 aliphatic carbocycles. The molecule has 27 heavy (non-hydrogen) atoms. The molecule has 1 aromatic carbocycles. The summed E-state index contributed by atoms with van der Waals surface area (Å²) in [5.41, 5.74) is 1.30. The van der Waals surface area contributed by atoms with E-state index in [-0.39, 0.29) is 24.9 Å². The number of benzene rings is 1. The highest BCUT2D eigenvalue weighted by Crippen LogP contribution is 2.33. The van der Waals surface area contributed by atoms with Gasteiger partial charge in [-0.2, -0.15) is 5.10 Å². The number of carboxylic acids is 1. The van der Waals surface area contributed by atoms with Crippen molar-refractivity contribution >= 4 is 23.6 Å². The molecule has 0 spiro atoms. The van der Waals surface area contributed by atoms with Crippen LogP contribution in [0.5, 0.6) is 0 Å². The topological polar surface area (TPSA) is 117 Å². The second-order valence-corrected chi connectivity index (χ2v) is 6.81. The Morgan fingerprint density at radius 1 is 1.19 bits per heavy atom. The molecule has 140 valence electrons. The van der Waals surface area contributed by atoms with Gasteiger partial charge in [-0.1, -0.05) is 12.8 Å². The van der Waals surface area contributed by atoms with Gasteiger partial charge in [-0.3, -0.25) is 19.8 Å². The van der Waals surface area contributed by atoms with E-state index in [0.29, 0.717) is 22.9 Å². The molecule has 0 bridgehead atoms. The maximum Gasteiger partial charge on any atom is 0.329 e. The predicted molar refractivity (Wildman–Crippen MR) is 95.2 cm³/mol. The molecule has 1 saturated heterocycles. The first-order valence-electron chi connectivity index (χ1n) is 8.89. The van der Waals surface area contributed by atoms with Gasteiger partial charge in [0.2, 0.25) is 5.91 Å². The van der Waals surface area contributed by atoms with Crippen molar-refractivity contribution < 1.29 is 19.5 Å². The van der Waals surface area contributed by atoms with Gasteiger partial charge in [0.05, 0.1) is 0 Å². The summed E-state index contributed by atoms with van der Waals surface area (Å²) in [5.74, 6) is 0.136. The lowest BCUT2D eigenvalue weighted by molar-refractivity contribution is -0.137. The van der Waals surface area contributed by atoms with E-state index in [1.54, 1.807) is 24.3 Å². The zero-order valence-electron chi connectivity index (χ0n) is 14.6. The number of urea groups is 1. The second kappa shape index (κ2) is 6.82. The fraction of sp³-hybridized carbons (Fsp3) is 0.389. The zero-order chi connectivity index (χ0) is 19.0. The third kappa shape index (κ3) is 3.40. The summed E-state index contributed by atoms with van der Waals surface area (Å²) in [6, 6.07) is 6.48. The highest BCUT2D eigenvalue weighted by Gasteiger charge is 2.28. The molecule has 0 unspecified atom stereocenters. The predicted octanol–water partition coefficient (Wildman–Crippen LogP) is 1.74. The molecule has 1 aliphatic heterocycles. The number of hydrogen-bond acceptors (Lipinski definition) is 5. The van der Waals surface area contributed by atoms with Crippen LogP contribution in [-0.4, -0.2) is 44.3 Å². The van der Waals surface area contributed by atoms with Gasteiger partial charge in [-0.25, -0.2) is 14.5 Å². The largest absolute Gasteiger partial charge is 0.480 e. The number of aromatic nitrogens is 3.